The Morgan fingerprint density at radius 1 is 0.907 bits per heavy atom. The fourth-order valence-corrected chi connectivity index (χ4v) is 6.66. The number of likely N-dealkylation sites (N-methyl/N-ethyl adjacent to an activating group) is 1. The first kappa shape index (κ1) is 35.0. The van der Waals surface area contributed by atoms with Gasteiger partial charge in [0.25, 0.3) is 0 Å². The van der Waals surface area contributed by atoms with E-state index in [0.717, 1.165) is 32.2 Å². The molecule has 0 spiro atoms. The average Bonchev–Trinajstić information content (AvgIpc) is 3.46. The van der Waals surface area contributed by atoms with Crippen molar-refractivity contribution in [2.24, 2.45) is 11.3 Å². The van der Waals surface area contributed by atoms with Gasteiger partial charge in [0.05, 0.1) is 25.3 Å². The minimum atomic E-state index is -0.722. The van der Waals surface area contributed by atoms with E-state index in [0.29, 0.717) is 44.8 Å². The molecule has 3 aliphatic heterocycles. The van der Waals surface area contributed by atoms with Crippen molar-refractivity contribution in [2.45, 2.75) is 118 Å². The lowest BCUT2D eigenvalue weighted by Crippen LogP contribution is -2.60. The summed E-state index contributed by atoms with van der Waals surface area (Å²) in [5, 5.41) is 3.14. The van der Waals surface area contributed by atoms with Gasteiger partial charge in [-0.15, -0.1) is 0 Å². The summed E-state index contributed by atoms with van der Waals surface area (Å²) in [4.78, 5) is 62.1. The molecule has 0 radical (unpaired) electrons. The van der Waals surface area contributed by atoms with Crippen molar-refractivity contribution in [2.75, 3.05) is 46.4 Å². The molecule has 0 bridgehead atoms. The van der Waals surface area contributed by atoms with Crippen molar-refractivity contribution in [3.63, 3.8) is 0 Å². The van der Waals surface area contributed by atoms with Crippen LogP contribution in [0.2, 0.25) is 0 Å². The molecular weight excluding hydrogens is 546 g/mol. The van der Waals surface area contributed by atoms with Gasteiger partial charge in [-0.05, 0) is 64.3 Å². The smallest absolute Gasteiger partial charge is 0.249 e. The lowest BCUT2D eigenvalue weighted by atomic mass is 9.84. The van der Waals surface area contributed by atoms with Crippen LogP contribution in [-0.2, 0) is 23.9 Å². The van der Waals surface area contributed by atoms with Crippen molar-refractivity contribution < 1.29 is 23.9 Å². The monoisotopic (exact) mass is 603 g/mol. The Kier molecular flexibility index (Phi) is 12.2. The van der Waals surface area contributed by atoms with Gasteiger partial charge in [0.1, 0.15) is 12.1 Å². The average molecular weight is 604 g/mol. The van der Waals surface area contributed by atoms with Crippen molar-refractivity contribution >= 4 is 23.6 Å². The van der Waals surface area contributed by atoms with Gasteiger partial charge in [-0.1, -0.05) is 47.1 Å². The van der Waals surface area contributed by atoms with Gasteiger partial charge in [0.15, 0.2) is 0 Å². The molecule has 3 fully saturated rings. The molecule has 0 aromatic heterocycles. The fraction of sp³-hybridized carbons (Fsp3) is 0.818. The maximum absolute atomic E-state index is 14.1. The van der Waals surface area contributed by atoms with Crippen LogP contribution in [0.3, 0.4) is 0 Å². The summed E-state index contributed by atoms with van der Waals surface area (Å²) in [6.07, 6.45) is 6.17. The van der Waals surface area contributed by atoms with Crippen molar-refractivity contribution in [3.05, 3.63) is 11.6 Å². The number of ether oxygens (including phenoxy) is 1. The zero-order valence-electron chi connectivity index (χ0n) is 28.1. The van der Waals surface area contributed by atoms with E-state index in [-0.39, 0.29) is 47.7 Å². The number of nitrogens with zero attached hydrogens (tertiary/aromatic N) is 4. The second-order valence-corrected chi connectivity index (χ2v) is 14.3. The number of nitrogens with one attached hydrogen (secondary N) is 1. The Balaban J connectivity index is 1.77. The maximum atomic E-state index is 14.1. The lowest BCUT2D eigenvalue weighted by Gasteiger charge is -2.41. The zero-order chi connectivity index (χ0) is 32.1. The predicted molar refractivity (Wildman–Crippen MR) is 168 cm³/mol. The molecule has 0 saturated carbocycles. The molecule has 10 heteroatoms. The van der Waals surface area contributed by atoms with Crippen LogP contribution in [0.1, 0.15) is 87.5 Å². The number of likely N-dealkylation sites (tertiary alicyclic amines) is 2. The summed E-state index contributed by atoms with van der Waals surface area (Å²) < 4.78 is 5.40. The number of amides is 4. The third-order valence-corrected chi connectivity index (χ3v) is 9.27. The predicted octanol–water partition coefficient (Wildman–Crippen LogP) is 3.06. The Morgan fingerprint density at radius 3 is 2.12 bits per heavy atom. The van der Waals surface area contributed by atoms with Crippen molar-refractivity contribution in [1.29, 1.82) is 0 Å². The molecular formula is C33H57N5O5. The largest absolute Gasteiger partial charge is 0.378 e. The van der Waals surface area contributed by atoms with E-state index in [2.05, 4.69) is 24.1 Å². The molecule has 4 amide bonds. The van der Waals surface area contributed by atoms with Gasteiger partial charge in [-0.25, -0.2) is 0 Å². The van der Waals surface area contributed by atoms with Crippen molar-refractivity contribution in [3.8, 4) is 0 Å². The Morgan fingerprint density at radius 2 is 1.53 bits per heavy atom. The van der Waals surface area contributed by atoms with Crippen LogP contribution in [-0.4, -0.2) is 120 Å². The molecule has 0 aromatic carbocycles. The molecule has 4 atom stereocenters. The minimum absolute atomic E-state index is 0.00702. The number of carbonyl (C=O) groups excluding carboxylic acids is 4. The molecule has 3 heterocycles. The first-order valence-corrected chi connectivity index (χ1v) is 16.3. The van der Waals surface area contributed by atoms with E-state index in [9.17, 15) is 19.2 Å². The van der Waals surface area contributed by atoms with E-state index in [4.69, 9.17) is 4.74 Å². The van der Waals surface area contributed by atoms with Crippen LogP contribution < -0.4 is 5.32 Å². The van der Waals surface area contributed by atoms with Gasteiger partial charge >= 0.3 is 0 Å². The van der Waals surface area contributed by atoms with Crippen molar-refractivity contribution in [1.82, 2.24) is 24.9 Å². The molecule has 0 aromatic rings. The first-order chi connectivity index (χ1) is 20.1. The SMILES string of the molecule is C/C(=C\[C@H](C(C)C)N(C)C(=O)[C@@H](NC(=O)[C@H]1CCCCN1C(C)C)C(C)(C)C)C(=O)N1CCC[C@H]1C(=O)N1CCOCC1. The highest BCUT2D eigenvalue weighted by Crippen LogP contribution is 2.27. The van der Waals surface area contributed by atoms with E-state index in [1.54, 1.807) is 28.7 Å². The van der Waals surface area contributed by atoms with Gasteiger partial charge in [0, 0.05) is 38.3 Å². The zero-order valence-corrected chi connectivity index (χ0v) is 28.1. The van der Waals surface area contributed by atoms with Gasteiger partial charge in [0.2, 0.25) is 23.6 Å². The first-order valence-electron chi connectivity index (χ1n) is 16.3. The number of hydrogen-bond donors (Lipinski definition) is 1. The minimum Gasteiger partial charge on any atom is -0.378 e. The van der Waals surface area contributed by atoms with Gasteiger partial charge in [-0.2, -0.15) is 0 Å². The Hall–Kier alpha value is -2.46. The number of morpholine rings is 1. The Labute approximate surface area is 259 Å². The number of rotatable bonds is 9. The molecule has 0 aliphatic carbocycles. The fourth-order valence-electron chi connectivity index (χ4n) is 6.66. The van der Waals surface area contributed by atoms with Crippen LogP contribution in [0.25, 0.3) is 0 Å². The molecule has 0 unspecified atom stereocenters. The second kappa shape index (κ2) is 15.0. The number of piperidine rings is 1. The highest BCUT2D eigenvalue weighted by atomic mass is 16.5. The number of hydrogen-bond acceptors (Lipinski definition) is 6. The molecule has 3 saturated heterocycles. The Bertz CT molecular complexity index is 1030. The summed E-state index contributed by atoms with van der Waals surface area (Å²) in [5.74, 6) is -0.422. The number of carbonyl (C=O) groups is 4. The maximum Gasteiger partial charge on any atom is 0.249 e. The topological polar surface area (TPSA) is 102 Å². The molecule has 43 heavy (non-hydrogen) atoms. The standard InChI is InChI=1S/C33H57N5O5/c1-22(2)27(21-24(5)30(40)38-16-12-14-26(38)31(41)36-17-19-43-20-18-36)35(9)32(42)28(33(6,7)8)34-29(39)25-13-10-11-15-37(25)23(3)4/h21-23,25-28H,10-20H2,1-9H3,(H,34,39)/b24-21+/t25-,26+,27-,28-/m1/s1. The van der Waals surface area contributed by atoms with Gasteiger partial charge < -0.3 is 24.8 Å². The molecule has 1 N–H and O–H groups in total. The van der Waals surface area contributed by atoms with Crippen LogP contribution >= 0.6 is 0 Å². The third-order valence-electron chi connectivity index (χ3n) is 9.27. The van der Waals surface area contributed by atoms with Gasteiger partial charge in [-0.3, -0.25) is 24.1 Å². The van der Waals surface area contributed by atoms with Crippen LogP contribution in [0.4, 0.5) is 0 Å². The van der Waals surface area contributed by atoms with Crippen LogP contribution in [0, 0.1) is 11.3 Å². The second-order valence-electron chi connectivity index (χ2n) is 14.3. The van der Waals surface area contributed by atoms with Crippen LogP contribution in [0.5, 0.6) is 0 Å². The quantitative estimate of drug-likeness (QED) is 0.407. The van der Waals surface area contributed by atoms with E-state index >= 15 is 0 Å². The molecule has 3 aliphatic rings. The highest BCUT2D eigenvalue weighted by Gasteiger charge is 2.41. The molecule has 244 valence electrons. The molecule has 3 rings (SSSR count). The van der Waals surface area contributed by atoms with Crippen LogP contribution in [0.15, 0.2) is 11.6 Å². The van der Waals surface area contributed by atoms with E-state index in [1.807, 2.05) is 40.7 Å². The highest BCUT2D eigenvalue weighted by molar-refractivity contribution is 5.97. The molecule has 10 nitrogen and oxygen atoms in total. The lowest BCUT2D eigenvalue weighted by molar-refractivity contribution is -0.145. The van der Waals surface area contributed by atoms with E-state index < -0.39 is 17.5 Å². The summed E-state index contributed by atoms with van der Waals surface area (Å²) in [5.41, 5.74) is 0.00279. The summed E-state index contributed by atoms with van der Waals surface area (Å²) in [6.45, 7) is 19.5. The summed E-state index contributed by atoms with van der Waals surface area (Å²) in [7, 11) is 1.76. The summed E-state index contributed by atoms with van der Waals surface area (Å²) in [6, 6.07) is -1.54. The summed E-state index contributed by atoms with van der Waals surface area (Å²) >= 11 is 0. The third kappa shape index (κ3) is 8.59. The normalized spacial score (nSPS) is 23.8. The van der Waals surface area contributed by atoms with E-state index in [1.165, 1.54) is 0 Å².